The molecule has 1 aromatic heterocycles. The first-order valence-electron chi connectivity index (χ1n) is 3.62. The first-order valence-corrected chi connectivity index (χ1v) is 3.62. The molecule has 0 aliphatic heterocycles. The Labute approximate surface area is 66.1 Å². The highest BCUT2D eigenvalue weighted by Gasteiger charge is 1.95. The van der Waals surface area contributed by atoms with Crippen LogP contribution in [-0.4, -0.2) is 15.3 Å². The average Bonchev–Trinajstić information content (AvgIpc) is 2.01. The van der Waals surface area contributed by atoms with Gasteiger partial charge in [0.2, 0.25) is 0 Å². The van der Waals surface area contributed by atoms with Crippen molar-refractivity contribution in [3.8, 4) is 5.75 Å². The van der Waals surface area contributed by atoms with Gasteiger partial charge in [0.15, 0.2) is 0 Å². The third-order valence-corrected chi connectivity index (χ3v) is 1.37. The van der Waals surface area contributed by atoms with Crippen molar-refractivity contribution in [3.63, 3.8) is 0 Å². The molecule has 0 saturated carbocycles. The molecular weight excluding hydrogens is 140 g/mol. The predicted octanol–water partition coefficient (Wildman–Crippen LogP) is 1.34. The number of nitrogens with zero attached hydrogens (tertiary/aromatic N) is 2. The number of unbranched alkanes of at least 4 members (excludes halogenated alkanes) is 1. The summed E-state index contributed by atoms with van der Waals surface area (Å²) in [4.78, 5) is 0. The van der Waals surface area contributed by atoms with Crippen molar-refractivity contribution < 1.29 is 5.11 Å². The average molecular weight is 151 g/mol. The van der Waals surface area contributed by atoms with Crippen LogP contribution >= 0.6 is 0 Å². The molecule has 1 aromatic rings. The van der Waals surface area contributed by atoms with Gasteiger partial charge in [-0.1, -0.05) is 13.3 Å². The zero-order valence-electron chi connectivity index (χ0n) is 6.32. The molecule has 1 rings (SSSR count). The summed E-state index contributed by atoms with van der Waals surface area (Å²) >= 11 is 0. The van der Waals surface area contributed by atoms with E-state index < -0.39 is 0 Å². The first-order chi connectivity index (χ1) is 5.33. The summed E-state index contributed by atoms with van der Waals surface area (Å²) in [5, 5.41) is 16.5. The normalized spacial score (nSPS) is 9.91. The van der Waals surface area contributed by atoms with Crippen LogP contribution in [0.25, 0.3) is 0 Å². The third-order valence-electron chi connectivity index (χ3n) is 1.37. The minimum absolute atomic E-state index is 0.180. The summed E-state index contributed by atoms with van der Waals surface area (Å²) in [5.74, 6) is 0.180. The van der Waals surface area contributed by atoms with E-state index in [9.17, 15) is 0 Å². The maximum atomic E-state index is 8.99. The molecule has 59 valence electrons. The summed E-state index contributed by atoms with van der Waals surface area (Å²) in [5.41, 5.74) is 0.827. The smallest absolute Gasteiger partial charge is 0.137 e. The van der Waals surface area contributed by atoms with Crippen LogP contribution in [0.4, 0.5) is 0 Å². The van der Waals surface area contributed by atoms with Gasteiger partial charge in [-0.05, 0) is 12.8 Å². The van der Waals surface area contributed by atoms with E-state index in [0.717, 1.165) is 25.0 Å². The Morgan fingerprint density at radius 2 is 2.36 bits per heavy atom. The zero-order chi connectivity index (χ0) is 8.10. The molecular formula is C8H11N2O. The van der Waals surface area contributed by atoms with Crippen LogP contribution < -0.4 is 0 Å². The monoisotopic (exact) mass is 151 g/mol. The van der Waals surface area contributed by atoms with E-state index in [0.29, 0.717) is 0 Å². The predicted molar refractivity (Wildman–Crippen MR) is 42.0 cm³/mol. The maximum Gasteiger partial charge on any atom is 0.137 e. The van der Waals surface area contributed by atoms with Crippen LogP contribution in [0.5, 0.6) is 5.75 Å². The van der Waals surface area contributed by atoms with Crippen LogP contribution in [0.1, 0.15) is 18.5 Å². The number of aromatic nitrogens is 2. The highest BCUT2D eigenvalue weighted by atomic mass is 16.3. The van der Waals surface area contributed by atoms with Crippen LogP contribution in [0.15, 0.2) is 12.3 Å². The molecule has 1 N–H and O–H groups in total. The van der Waals surface area contributed by atoms with Crippen molar-refractivity contribution in [1.29, 1.82) is 0 Å². The van der Waals surface area contributed by atoms with Crippen molar-refractivity contribution >= 4 is 0 Å². The maximum absolute atomic E-state index is 8.99. The second-order valence-electron chi connectivity index (χ2n) is 2.36. The lowest BCUT2D eigenvalue weighted by molar-refractivity contribution is 0.469. The van der Waals surface area contributed by atoms with Crippen molar-refractivity contribution in [3.05, 3.63) is 24.9 Å². The van der Waals surface area contributed by atoms with E-state index >= 15 is 0 Å². The molecule has 11 heavy (non-hydrogen) atoms. The molecule has 0 fully saturated rings. The molecule has 0 aliphatic carbocycles. The quantitative estimate of drug-likeness (QED) is 0.709. The number of aromatic hydroxyl groups is 1. The van der Waals surface area contributed by atoms with Gasteiger partial charge >= 0.3 is 0 Å². The fraction of sp³-hybridized carbons (Fsp3) is 0.375. The molecule has 0 aliphatic rings. The Hall–Kier alpha value is -1.12. The lowest BCUT2D eigenvalue weighted by Crippen LogP contribution is -1.91. The minimum atomic E-state index is 0.180. The summed E-state index contributed by atoms with van der Waals surface area (Å²) in [6, 6.07) is 1.63. The van der Waals surface area contributed by atoms with Gasteiger partial charge in [-0.25, -0.2) is 0 Å². The summed E-state index contributed by atoms with van der Waals surface area (Å²) in [7, 11) is 0. The summed E-state index contributed by atoms with van der Waals surface area (Å²) < 4.78 is 0. The van der Waals surface area contributed by atoms with E-state index in [1.54, 1.807) is 6.07 Å². The van der Waals surface area contributed by atoms with Crippen LogP contribution in [0.3, 0.4) is 0 Å². The molecule has 0 aromatic carbocycles. The second kappa shape index (κ2) is 3.91. The third kappa shape index (κ3) is 2.53. The van der Waals surface area contributed by atoms with Gasteiger partial charge in [-0.3, -0.25) is 0 Å². The molecule has 0 unspecified atom stereocenters. The largest absolute Gasteiger partial charge is 0.506 e. The molecule has 3 heteroatoms. The molecule has 1 heterocycles. The minimum Gasteiger partial charge on any atom is -0.506 e. The molecule has 0 spiro atoms. The fourth-order valence-corrected chi connectivity index (χ4v) is 0.827. The Kier molecular flexibility index (Phi) is 2.83. The van der Waals surface area contributed by atoms with Gasteiger partial charge in [0, 0.05) is 6.07 Å². The van der Waals surface area contributed by atoms with Crippen molar-refractivity contribution in [2.45, 2.75) is 19.3 Å². The Morgan fingerprint density at radius 3 is 3.00 bits per heavy atom. The molecule has 0 saturated heterocycles. The first kappa shape index (κ1) is 7.98. The van der Waals surface area contributed by atoms with E-state index in [4.69, 9.17) is 5.11 Å². The lowest BCUT2D eigenvalue weighted by atomic mass is 10.2. The van der Waals surface area contributed by atoms with Crippen molar-refractivity contribution in [2.24, 2.45) is 0 Å². The van der Waals surface area contributed by atoms with Crippen LogP contribution in [0.2, 0.25) is 0 Å². The number of rotatable bonds is 3. The Bertz CT molecular complexity index is 225. The molecule has 0 amide bonds. The van der Waals surface area contributed by atoms with Crippen LogP contribution in [0, 0.1) is 6.92 Å². The SMILES string of the molecule is [CH2]CCCc1cc(O)cnn1. The Balaban J connectivity index is 2.56. The molecule has 3 nitrogen and oxygen atoms in total. The number of aryl methyl sites for hydroxylation is 1. The molecule has 0 bridgehead atoms. The highest BCUT2D eigenvalue weighted by Crippen LogP contribution is 2.07. The Morgan fingerprint density at radius 1 is 1.55 bits per heavy atom. The van der Waals surface area contributed by atoms with Gasteiger partial charge < -0.3 is 5.11 Å². The van der Waals surface area contributed by atoms with E-state index in [1.807, 2.05) is 0 Å². The van der Waals surface area contributed by atoms with Gasteiger partial charge in [0.05, 0.1) is 11.9 Å². The lowest BCUT2D eigenvalue weighted by Gasteiger charge is -1.96. The van der Waals surface area contributed by atoms with Gasteiger partial charge in [0.1, 0.15) is 5.75 Å². The van der Waals surface area contributed by atoms with E-state index in [1.165, 1.54) is 6.20 Å². The number of hydrogen-bond donors (Lipinski definition) is 1. The summed E-state index contributed by atoms with van der Waals surface area (Å²) in [6.45, 7) is 3.71. The van der Waals surface area contributed by atoms with E-state index in [2.05, 4.69) is 17.1 Å². The standard InChI is InChI=1S/C8H11N2O/c1-2-3-4-7-5-8(11)6-9-10-7/h5-6H,1-4H2,(H,10,11). The van der Waals surface area contributed by atoms with Crippen molar-refractivity contribution in [2.75, 3.05) is 0 Å². The van der Waals surface area contributed by atoms with Crippen LogP contribution in [-0.2, 0) is 6.42 Å². The van der Waals surface area contributed by atoms with Gasteiger partial charge in [-0.15, -0.1) is 0 Å². The topological polar surface area (TPSA) is 46.0 Å². The molecule has 1 radical (unpaired) electrons. The molecule has 0 atom stereocenters. The second-order valence-corrected chi connectivity index (χ2v) is 2.36. The van der Waals surface area contributed by atoms with Crippen molar-refractivity contribution in [1.82, 2.24) is 10.2 Å². The summed E-state index contributed by atoms with van der Waals surface area (Å²) in [6.07, 6.45) is 4.04. The fourth-order valence-electron chi connectivity index (χ4n) is 0.827. The van der Waals surface area contributed by atoms with Gasteiger partial charge in [-0.2, -0.15) is 10.2 Å². The number of hydrogen-bond acceptors (Lipinski definition) is 3. The van der Waals surface area contributed by atoms with Gasteiger partial charge in [0.25, 0.3) is 0 Å². The highest BCUT2D eigenvalue weighted by molar-refractivity contribution is 5.16. The van der Waals surface area contributed by atoms with E-state index in [-0.39, 0.29) is 5.75 Å². The zero-order valence-corrected chi connectivity index (χ0v) is 6.32.